The average molecular weight is 239 g/mol. The summed E-state index contributed by atoms with van der Waals surface area (Å²) in [6.45, 7) is 0.777. The second-order valence-corrected chi connectivity index (χ2v) is 4.42. The van der Waals surface area contributed by atoms with E-state index in [9.17, 15) is 4.79 Å². The van der Waals surface area contributed by atoms with Crippen LogP contribution >= 0.6 is 11.6 Å². The number of hydrogen-bond donors (Lipinski definition) is 2. The van der Waals surface area contributed by atoms with Crippen LogP contribution in [0, 0.1) is 0 Å². The zero-order valence-corrected chi connectivity index (χ0v) is 9.76. The van der Waals surface area contributed by atoms with E-state index in [0.29, 0.717) is 11.4 Å². The third kappa shape index (κ3) is 2.89. The van der Waals surface area contributed by atoms with E-state index in [1.54, 1.807) is 0 Å². The lowest BCUT2D eigenvalue weighted by Crippen LogP contribution is -2.26. The van der Waals surface area contributed by atoms with Gasteiger partial charge >= 0.3 is 0 Å². The zero-order valence-electron chi connectivity index (χ0n) is 9.00. The third-order valence-corrected chi connectivity index (χ3v) is 3.05. The van der Waals surface area contributed by atoms with Crippen LogP contribution in [0.3, 0.4) is 0 Å². The van der Waals surface area contributed by atoms with Gasteiger partial charge in [0.1, 0.15) is 0 Å². The topological polar surface area (TPSA) is 41.1 Å². The summed E-state index contributed by atoms with van der Waals surface area (Å²) in [5, 5.41) is 6.89. The fourth-order valence-electron chi connectivity index (χ4n) is 1.90. The second kappa shape index (κ2) is 5.21. The van der Waals surface area contributed by atoms with Crippen LogP contribution in [0.1, 0.15) is 19.3 Å². The molecule has 0 bridgehead atoms. The van der Waals surface area contributed by atoms with Gasteiger partial charge in [-0.2, -0.15) is 0 Å². The van der Waals surface area contributed by atoms with Crippen LogP contribution in [0.2, 0.25) is 5.02 Å². The Balaban J connectivity index is 2.03. The fraction of sp³-hybridized carbons (Fsp3) is 0.417. The Bertz CT molecular complexity index is 381. The molecule has 4 heteroatoms. The number of anilines is 1. The van der Waals surface area contributed by atoms with Crippen molar-refractivity contribution in [1.82, 2.24) is 5.32 Å². The van der Waals surface area contributed by atoms with Crippen molar-refractivity contribution >= 4 is 23.2 Å². The molecular formula is C12H15ClN2O. The first kappa shape index (κ1) is 11.3. The molecule has 0 radical (unpaired) electrons. The van der Waals surface area contributed by atoms with Crippen molar-refractivity contribution < 1.29 is 4.79 Å². The standard InChI is InChI=1S/C12H15ClN2O/c13-10-5-1-2-6-11(10)15-9-4-3-7-14-12(16)8-9/h1-2,5-6,9,15H,3-4,7-8H2,(H,14,16). The minimum atomic E-state index is 0.113. The van der Waals surface area contributed by atoms with Crippen LogP contribution in [0.15, 0.2) is 24.3 Å². The van der Waals surface area contributed by atoms with Crippen LogP contribution in [0.5, 0.6) is 0 Å². The zero-order chi connectivity index (χ0) is 11.4. The molecule has 1 unspecified atom stereocenters. The largest absolute Gasteiger partial charge is 0.381 e. The Morgan fingerprint density at radius 1 is 1.38 bits per heavy atom. The molecule has 0 aromatic heterocycles. The number of hydrogen-bond acceptors (Lipinski definition) is 2. The summed E-state index contributed by atoms with van der Waals surface area (Å²) in [4.78, 5) is 11.4. The molecule has 16 heavy (non-hydrogen) atoms. The van der Waals surface area contributed by atoms with Gasteiger partial charge in [0, 0.05) is 19.0 Å². The van der Waals surface area contributed by atoms with Gasteiger partial charge < -0.3 is 10.6 Å². The smallest absolute Gasteiger partial charge is 0.222 e. The summed E-state index contributed by atoms with van der Waals surface area (Å²) < 4.78 is 0. The van der Waals surface area contributed by atoms with Gasteiger partial charge in [-0.3, -0.25) is 4.79 Å². The average Bonchev–Trinajstić information content (AvgIpc) is 2.46. The van der Waals surface area contributed by atoms with Crippen molar-refractivity contribution in [2.75, 3.05) is 11.9 Å². The molecule has 1 atom stereocenters. The molecular weight excluding hydrogens is 224 g/mol. The molecule has 0 aliphatic carbocycles. The van der Waals surface area contributed by atoms with Crippen molar-refractivity contribution in [3.63, 3.8) is 0 Å². The highest BCUT2D eigenvalue weighted by atomic mass is 35.5. The summed E-state index contributed by atoms with van der Waals surface area (Å²) >= 11 is 6.06. The van der Waals surface area contributed by atoms with Gasteiger partial charge in [0.15, 0.2) is 0 Å². The lowest BCUT2D eigenvalue weighted by Gasteiger charge is -2.17. The van der Waals surface area contributed by atoms with Gasteiger partial charge in [0.2, 0.25) is 5.91 Å². The van der Waals surface area contributed by atoms with Gasteiger partial charge in [-0.25, -0.2) is 0 Å². The first-order valence-electron chi connectivity index (χ1n) is 5.53. The number of nitrogens with one attached hydrogen (secondary N) is 2. The molecule has 2 N–H and O–H groups in total. The first-order chi connectivity index (χ1) is 7.75. The summed E-state index contributed by atoms with van der Waals surface area (Å²) in [5.74, 6) is 0.113. The monoisotopic (exact) mass is 238 g/mol. The van der Waals surface area contributed by atoms with Crippen molar-refractivity contribution in [3.05, 3.63) is 29.3 Å². The number of benzene rings is 1. The quantitative estimate of drug-likeness (QED) is 0.831. The molecule has 1 fully saturated rings. The Morgan fingerprint density at radius 3 is 3.00 bits per heavy atom. The van der Waals surface area contributed by atoms with E-state index in [1.165, 1.54) is 0 Å². The molecule has 1 aliphatic rings. The van der Waals surface area contributed by atoms with E-state index >= 15 is 0 Å². The highest BCUT2D eigenvalue weighted by molar-refractivity contribution is 6.33. The third-order valence-electron chi connectivity index (χ3n) is 2.72. The molecule has 86 valence electrons. The van der Waals surface area contributed by atoms with E-state index in [1.807, 2.05) is 24.3 Å². The molecule has 1 heterocycles. The highest BCUT2D eigenvalue weighted by Crippen LogP contribution is 2.23. The maximum Gasteiger partial charge on any atom is 0.222 e. The summed E-state index contributed by atoms with van der Waals surface area (Å²) in [6.07, 6.45) is 2.52. The first-order valence-corrected chi connectivity index (χ1v) is 5.91. The number of halogens is 1. The van der Waals surface area contributed by atoms with Crippen LogP contribution in [0.4, 0.5) is 5.69 Å². The molecule has 1 saturated heterocycles. The summed E-state index contributed by atoms with van der Waals surface area (Å²) in [6, 6.07) is 7.80. The van der Waals surface area contributed by atoms with Crippen molar-refractivity contribution in [1.29, 1.82) is 0 Å². The maximum atomic E-state index is 11.4. The Hall–Kier alpha value is -1.22. The van der Waals surface area contributed by atoms with Crippen LogP contribution in [-0.2, 0) is 4.79 Å². The lowest BCUT2D eigenvalue weighted by atomic mass is 10.1. The van der Waals surface area contributed by atoms with Gasteiger partial charge in [-0.15, -0.1) is 0 Å². The molecule has 0 saturated carbocycles. The van der Waals surface area contributed by atoms with Crippen molar-refractivity contribution in [2.45, 2.75) is 25.3 Å². The number of amides is 1. The number of rotatable bonds is 2. The van der Waals surface area contributed by atoms with E-state index < -0.39 is 0 Å². The normalized spacial score (nSPS) is 21.1. The predicted molar refractivity (Wildman–Crippen MR) is 65.7 cm³/mol. The van der Waals surface area contributed by atoms with Gasteiger partial charge in [-0.1, -0.05) is 23.7 Å². The van der Waals surface area contributed by atoms with Crippen molar-refractivity contribution in [3.8, 4) is 0 Å². The molecule has 3 nitrogen and oxygen atoms in total. The summed E-state index contributed by atoms with van der Waals surface area (Å²) in [7, 11) is 0. The minimum Gasteiger partial charge on any atom is -0.381 e. The van der Waals surface area contributed by atoms with Gasteiger partial charge in [-0.05, 0) is 25.0 Å². The van der Waals surface area contributed by atoms with Gasteiger partial charge in [0.25, 0.3) is 0 Å². The molecule has 1 aromatic carbocycles. The molecule has 1 aliphatic heterocycles. The van der Waals surface area contributed by atoms with E-state index in [2.05, 4.69) is 10.6 Å². The number of carbonyl (C=O) groups excluding carboxylic acids is 1. The van der Waals surface area contributed by atoms with E-state index in [4.69, 9.17) is 11.6 Å². The second-order valence-electron chi connectivity index (χ2n) is 4.02. The van der Waals surface area contributed by atoms with Crippen LogP contribution in [0.25, 0.3) is 0 Å². The fourth-order valence-corrected chi connectivity index (χ4v) is 2.09. The Kier molecular flexibility index (Phi) is 3.67. The SMILES string of the molecule is O=C1CC(Nc2ccccc2Cl)CCCN1. The van der Waals surface area contributed by atoms with Crippen LogP contribution < -0.4 is 10.6 Å². The predicted octanol–water partition coefficient (Wildman–Crippen LogP) is 2.42. The Labute approximate surface area is 100 Å². The Morgan fingerprint density at radius 2 is 2.19 bits per heavy atom. The molecule has 1 aromatic rings. The van der Waals surface area contributed by atoms with Gasteiger partial charge in [0.05, 0.1) is 10.7 Å². The minimum absolute atomic E-state index is 0.113. The number of para-hydroxylation sites is 1. The summed E-state index contributed by atoms with van der Waals surface area (Å²) in [5.41, 5.74) is 0.906. The van der Waals surface area contributed by atoms with Crippen LogP contribution in [-0.4, -0.2) is 18.5 Å². The van der Waals surface area contributed by atoms with E-state index in [0.717, 1.165) is 25.1 Å². The highest BCUT2D eigenvalue weighted by Gasteiger charge is 2.17. The molecule has 1 amide bonds. The molecule has 0 spiro atoms. The lowest BCUT2D eigenvalue weighted by molar-refractivity contribution is -0.120. The maximum absolute atomic E-state index is 11.4. The van der Waals surface area contributed by atoms with Crippen molar-refractivity contribution in [2.24, 2.45) is 0 Å². The molecule has 2 rings (SSSR count). The number of carbonyl (C=O) groups is 1. The van der Waals surface area contributed by atoms with E-state index in [-0.39, 0.29) is 11.9 Å².